The lowest BCUT2D eigenvalue weighted by atomic mass is 10.2. The van der Waals surface area contributed by atoms with Crippen molar-refractivity contribution in [3.8, 4) is 5.75 Å². The van der Waals surface area contributed by atoms with Crippen molar-refractivity contribution in [2.75, 3.05) is 18.6 Å². The standard InChI is InChI=1S/C19H15ClN2O6S/c1-3-27-18(25)13-10-29-19(21-13)22(12-6-4-11(20)5-7-12)17(24)15-8-14(23)16(26-2)9-28-15/h4-10H,3H2,1-2H3. The van der Waals surface area contributed by atoms with Crippen molar-refractivity contribution < 1.29 is 23.5 Å². The number of benzene rings is 1. The molecule has 0 aliphatic rings. The number of esters is 1. The van der Waals surface area contributed by atoms with Crippen LogP contribution >= 0.6 is 22.9 Å². The third-order valence-electron chi connectivity index (χ3n) is 3.68. The van der Waals surface area contributed by atoms with Gasteiger partial charge in [0.05, 0.1) is 19.4 Å². The van der Waals surface area contributed by atoms with E-state index in [1.165, 1.54) is 17.4 Å². The maximum absolute atomic E-state index is 13.2. The first kappa shape index (κ1) is 20.6. The lowest BCUT2D eigenvalue weighted by molar-refractivity contribution is 0.0520. The van der Waals surface area contributed by atoms with Crippen molar-refractivity contribution in [2.45, 2.75) is 6.92 Å². The van der Waals surface area contributed by atoms with Gasteiger partial charge in [-0.2, -0.15) is 0 Å². The van der Waals surface area contributed by atoms with E-state index >= 15 is 0 Å². The number of carbonyl (C=O) groups is 2. The van der Waals surface area contributed by atoms with Crippen molar-refractivity contribution in [3.63, 3.8) is 0 Å². The van der Waals surface area contributed by atoms with Crippen LogP contribution in [0.2, 0.25) is 5.02 Å². The molecule has 0 aliphatic heterocycles. The molecule has 29 heavy (non-hydrogen) atoms. The minimum absolute atomic E-state index is 0.0292. The van der Waals surface area contributed by atoms with Crippen molar-refractivity contribution in [2.24, 2.45) is 0 Å². The highest BCUT2D eigenvalue weighted by atomic mass is 35.5. The Bertz CT molecular complexity index is 1090. The molecule has 0 aliphatic carbocycles. The number of halogens is 1. The summed E-state index contributed by atoms with van der Waals surface area (Å²) < 4.78 is 15.1. The molecule has 1 aromatic carbocycles. The van der Waals surface area contributed by atoms with E-state index < -0.39 is 17.3 Å². The first-order chi connectivity index (χ1) is 13.9. The lowest BCUT2D eigenvalue weighted by Gasteiger charge is -2.19. The van der Waals surface area contributed by atoms with Gasteiger partial charge in [-0.15, -0.1) is 11.3 Å². The molecular weight excluding hydrogens is 420 g/mol. The molecule has 8 nitrogen and oxygen atoms in total. The average Bonchev–Trinajstić information content (AvgIpc) is 3.19. The molecule has 3 aromatic rings. The number of aromatic nitrogens is 1. The molecule has 0 saturated carbocycles. The summed E-state index contributed by atoms with van der Waals surface area (Å²) in [6.07, 6.45) is 1.06. The van der Waals surface area contributed by atoms with Crippen molar-refractivity contribution >= 4 is 45.6 Å². The van der Waals surface area contributed by atoms with E-state index in [1.807, 2.05) is 0 Å². The molecule has 150 valence electrons. The number of methoxy groups -OCH3 is 1. The smallest absolute Gasteiger partial charge is 0.357 e. The molecule has 0 fully saturated rings. The second-order valence-electron chi connectivity index (χ2n) is 5.53. The molecule has 0 saturated heterocycles. The monoisotopic (exact) mass is 434 g/mol. The highest BCUT2D eigenvalue weighted by Gasteiger charge is 2.26. The summed E-state index contributed by atoms with van der Waals surface area (Å²) in [5.74, 6) is -1.51. The lowest BCUT2D eigenvalue weighted by Crippen LogP contribution is -2.27. The minimum Gasteiger partial charge on any atom is -0.490 e. The summed E-state index contributed by atoms with van der Waals surface area (Å²) in [6, 6.07) is 7.44. The van der Waals surface area contributed by atoms with Gasteiger partial charge in [0.25, 0.3) is 5.91 Å². The fraction of sp³-hybridized carbons (Fsp3) is 0.158. The summed E-state index contributed by atoms with van der Waals surface area (Å²) in [4.78, 5) is 42.6. The van der Waals surface area contributed by atoms with Crippen LogP contribution in [0.15, 0.2) is 51.2 Å². The largest absolute Gasteiger partial charge is 0.490 e. The Balaban J connectivity index is 2.05. The fourth-order valence-corrected chi connectivity index (χ4v) is 3.28. The molecule has 2 heterocycles. The maximum Gasteiger partial charge on any atom is 0.357 e. The zero-order valence-electron chi connectivity index (χ0n) is 15.4. The van der Waals surface area contributed by atoms with E-state index in [-0.39, 0.29) is 28.9 Å². The second-order valence-corrected chi connectivity index (χ2v) is 6.80. The van der Waals surface area contributed by atoms with Crippen LogP contribution in [0, 0.1) is 0 Å². The molecule has 10 heteroatoms. The topological polar surface area (TPSA) is 98.9 Å². The molecule has 0 unspecified atom stereocenters. The Morgan fingerprint density at radius 3 is 2.62 bits per heavy atom. The predicted molar refractivity (Wildman–Crippen MR) is 108 cm³/mol. The van der Waals surface area contributed by atoms with E-state index in [2.05, 4.69) is 4.98 Å². The predicted octanol–water partition coefficient (Wildman–Crippen LogP) is 3.91. The number of thiazole rings is 1. The van der Waals surface area contributed by atoms with Gasteiger partial charge in [0.2, 0.25) is 11.2 Å². The molecule has 0 radical (unpaired) electrons. The van der Waals surface area contributed by atoms with Crippen molar-refractivity contribution in [1.82, 2.24) is 4.98 Å². The van der Waals surface area contributed by atoms with Gasteiger partial charge in [0, 0.05) is 16.5 Å². The molecule has 3 rings (SSSR count). The first-order valence-electron chi connectivity index (χ1n) is 8.34. The zero-order valence-corrected chi connectivity index (χ0v) is 17.0. The van der Waals surface area contributed by atoms with Crippen LogP contribution in [0.25, 0.3) is 0 Å². The first-order valence-corrected chi connectivity index (χ1v) is 9.60. The summed E-state index contributed by atoms with van der Waals surface area (Å²) >= 11 is 7.00. The van der Waals surface area contributed by atoms with Crippen LogP contribution in [0.4, 0.5) is 10.8 Å². The number of rotatable bonds is 6. The quantitative estimate of drug-likeness (QED) is 0.542. The normalized spacial score (nSPS) is 10.4. The number of amides is 1. The highest BCUT2D eigenvalue weighted by molar-refractivity contribution is 7.14. The summed E-state index contributed by atoms with van der Waals surface area (Å²) in [6.45, 7) is 1.88. The second kappa shape index (κ2) is 8.89. The van der Waals surface area contributed by atoms with Crippen LogP contribution in [-0.2, 0) is 4.74 Å². The van der Waals surface area contributed by atoms with Gasteiger partial charge < -0.3 is 13.9 Å². The number of hydrogen-bond donors (Lipinski definition) is 0. The third kappa shape index (κ3) is 4.47. The number of ether oxygens (including phenoxy) is 2. The van der Waals surface area contributed by atoms with E-state index in [4.69, 9.17) is 25.5 Å². The summed E-state index contributed by atoms with van der Waals surface area (Å²) in [5, 5.41) is 2.15. The molecule has 0 atom stereocenters. The Kier molecular flexibility index (Phi) is 6.30. The van der Waals surface area contributed by atoms with Crippen LogP contribution < -0.4 is 15.1 Å². The van der Waals surface area contributed by atoms with Gasteiger partial charge in [-0.1, -0.05) is 11.6 Å². The number of carbonyl (C=O) groups excluding carboxylic acids is 2. The van der Waals surface area contributed by atoms with Crippen LogP contribution in [0.5, 0.6) is 5.75 Å². The van der Waals surface area contributed by atoms with Gasteiger partial charge in [0.1, 0.15) is 6.26 Å². The third-order valence-corrected chi connectivity index (χ3v) is 4.76. The Hall–Kier alpha value is -3.17. The minimum atomic E-state index is -0.656. The fourth-order valence-electron chi connectivity index (χ4n) is 2.34. The number of anilines is 2. The van der Waals surface area contributed by atoms with Gasteiger partial charge in [0.15, 0.2) is 16.6 Å². The van der Waals surface area contributed by atoms with Crippen LogP contribution in [0.1, 0.15) is 28.0 Å². The molecule has 0 N–H and O–H groups in total. The Morgan fingerprint density at radius 2 is 2.00 bits per heavy atom. The highest BCUT2D eigenvalue weighted by Crippen LogP contribution is 2.31. The molecular formula is C19H15ClN2O6S. The van der Waals surface area contributed by atoms with Crippen LogP contribution in [-0.4, -0.2) is 30.6 Å². The SMILES string of the molecule is CCOC(=O)c1csc(N(C(=O)c2cc(=O)c(OC)co2)c2ccc(Cl)cc2)n1. The molecule has 2 aromatic heterocycles. The molecule has 0 bridgehead atoms. The molecule has 0 spiro atoms. The number of hydrogen-bond acceptors (Lipinski definition) is 8. The van der Waals surface area contributed by atoms with Crippen molar-refractivity contribution in [3.05, 3.63) is 68.7 Å². The van der Waals surface area contributed by atoms with Crippen LogP contribution in [0.3, 0.4) is 0 Å². The molecule has 1 amide bonds. The Morgan fingerprint density at radius 1 is 1.28 bits per heavy atom. The van der Waals surface area contributed by atoms with E-state index in [9.17, 15) is 14.4 Å². The summed E-state index contributed by atoms with van der Waals surface area (Å²) in [7, 11) is 1.32. The Labute approximate surface area is 174 Å². The average molecular weight is 435 g/mol. The zero-order chi connectivity index (χ0) is 21.0. The van der Waals surface area contributed by atoms with Gasteiger partial charge >= 0.3 is 5.97 Å². The van der Waals surface area contributed by atoms with E-state index in [0.29, 0.717) is 10.7 Å². The van der Waals surface area contributed by atoms with Gasteiger partial charge in [-0.05, 0) is 31.2 Å². The number of nitrogens with zero attached hydrogens (tertiary/aromatic N) is 2. The van der Waals surface area contributed by atoms with E-state index in [0.717, 1.165) is 23.7 Å². The van der Waals surface area contributed by atoms with E-state index in [1.54, 1.807) is 31.2 Å². The maximum atomic E-state index is 13.2. The summed E-state index contributed by atoms with van der Waals surface area (Å²) in [5.41, 5.74) is -0.0260. The van der Waals surface area contributed by atoms with Gasteiger partial charge in [-0.25, -0.2) is 14.7 Å². The van der Waals surface area contributed by atoms with Gasteiger partial charge in [-0.3, -0.25) is 9.59 Å². The van der Waals surface area contributed by atoms with Crippen molar-refractivity contribution in [1.29, 1.82) is 0 Å².